The van der Waals surface area contributed by atoms with Gasteiger partial charge >= 0.3 is 5.97 Å². The number of hydrogen-bond acceptors (Lipinski definition) is 3. The van der Waals surface area contributed by atoms with E-state index in [4.69, 9.17) is 5.11 Å². The van der Waals surface area contributed by atoms with Gasteiger partial charge in [-0.2, -0.15) is 0 Å². The summed E-state index contributed by atoms with van der Waals surface area (Å²) < 4.78 is 0. The summed E-state index contributed by atoms with van der Waals surface area (Å²) in [6.07, 6.45) is 2.69. The third kappa shape index (κ3) is 3.24. The molecule has 2 N–H and O–H groups in total. The van der Waals surface area contributed by atoms with Crippen molar-refractivity contribution in [1.82, 2.24) is 10.2 Å². The van der Waals surface area contributed by atoms with E-state index < -0.39 is 5.97 Å². The second-order valence-corrected chi connectivity index (χ2v) is 5.81. The second-order valence-electron chi connectivity index (χ2n) is 5.81. The normalized spacial score (nSPS) is 20.7. The maximum atomic E-state index is 12.7. The maximum absolute atomic E-state index is 12.7. The lowest BCUT2D eigenvalue weighted by Gasteiger charge is -2.31. The fourth-order valence-corrected chi connectivity index (χ4v) is 2.90. The van der Waals surface area contributed by atoms with E-state index in [-0.39, 0.29) is 24.4 Å². The lowest BCUT2D eigenvalue weighted by atomic mass is 9.95. The largest absolute Gasteiger partial charge is 0.481 e. The van der Waals surface area contributed by atoms with E-state index in [1.54, 1.807) is 4.90 Å². The lowest BCUT2D eigenvalue weighted by Crippen LogP contribution is -2.50. The highest BCUT2D eigenvalue weighted by atomic mass is 16.4. The molecular weight excluding hydrogens is 268 g/mol. The number of nitrogens with zero attached hydrogens (tertiary/aromatic N) is 1. The zero-order valence-electron chi connectivity index (χ0n) is 11.9. The predicted octanol–water partition coefficient (Wildman–Crippen LogP) is 1.17. The zero-order chi connectivity index (χ0) is 14.8. The fourth-order valence-electron chi connectivity index (χ4n) is 2.90. The highest BCUT2D eigenvalue weighted by Gasteiger charge is 2.36. The first-order valence-corrected chi connectivity index (χ1v) is 7.47. The van der Waals surface area contributed by atoms with Crippen molar-refractivity contribution in [3.05, 3.63) is 35.4 Å². The number of benzene rings is 1. The minimum absolute atomic E-state index is 0.0194. The molecule has 1 aromatic carbocycles. The molecule has 5 nitrogen and oxygen atoms in total. The number of nitrogens with one attached hydrogen (secondary N) is 1. The van der Waals surface area contributed by atoms with Crippen LogP contribution in [-0.4, -0.2) is 40.5 Å². The first-order valence-electron chi connectivity index (χ1n) is 7.47. The van der Waals surface area contributed by atoms with Gasteiger partial charge in [0.1, 0.15) is 0 Å². The van der Waals surface area contributed by atoms with Crippen LogP contribution in [0.25, 0.3) is 0 Å². The van der Waals surface area contributed by atoms with Crippen LogP contribution in [0.3, 0.4) is 0 Å². The average molecular weight is 288 g/mol. The Hall–Kier alpha value is -1.88. The second kappa shape index (κ2) is 5.85. The molecule has 1 saturated carbocycles. The molecule has 0 saturated heterocycles. The Bertz CT molecular complexity index is 554. The van der Waals surface area contributed by atoms with Gasteiger partial charge in [-0.05, 0) is 30.4 Å². The molecule has 112 valence electrons. The van der Waals surface area contributed by atoms with Crippen molar-refractivity contribution >= 4 is 11.9 Å². The molecular formula is C16H20N2O3. The lowest BCUT2D eigenvalue weighted by molar-refractivity contribution is -0.139. The molecule has 1 heterocycles. The van der Waals surface area contributed by atoms with Gasteiger partial charge in [0.2, 0.25) is 5.91 Å². The topological polar surface area (TPSA) is 69.6 Å². The van der Waals surface area contributed by atoms with Gasteiger partial charge in [0.15, 0.2) is 0 Å². The van der Waals surface area contributed by atoms with Crippen molar-refractivity contribution in [3.63, 3.8) is 0 Å². The van der Waals surface area contributed by atoms with Gasteiger partial charge < -0.3 is 15.3 Å². The molecule has 0 unspecified atom stereocenters. The summed E-state index contributed by atoms with van der Waals surface area (Å²) in [5.41, 5.74) is 2.45. The van der Waals surface area contributed by atoms with E-state index in [2.05, 4.69) is 17.4 Å². The third-order valence-electron chi connectivity index (χ3n) is 4.22. The molecule has 1 aromatic rings. The quantitative estimate of drug-likeness (QED) is 0.853. The number of aliphatic carboxylic acids is 1. The Morgan fingerprint density at radius 1 is 1.24 bits per heavy atom. The summed E-state index contributed by atoms with van der Waals surface area (Å²) in [6, 6.07) is 8.16. The Kier molecular flexibility index (Phi) is 3.92. The molecule has 1 aliphatic heterocycles. The third-order valence-corrected chi connectivity index (χ3v) is 4.22. The Morgan fingerprint density at radius 3 is 2.62 bits per heavy atom. The van der Waals surface area contributed by atoms with Crippen molar-refractivity contribution in [1.29, 1.82) is 0 Å². The smallest absolute Gasteiger partial charge is 0.305 e. The van der Waals surface area contributed by atoms with E-state index in [1.165, 1.54) is 11.1 Å². The molecule has 0 aromatic heterocycles. The average Bonchev–Trinajstić information content (AvgIpc) is 3.31. The van der Waals surface area contributed by atoms with Crippen LogP contribution in [0.1, 0.15) is 30.4 Å². The van der Waals surface area contributed by atoms with E-state index in [0.29, 0.717) is 19.5 Å². The Morgan fingerprint density at radius 2 is 1.95 bits per heavy atom. The first-order chi connectivity index (χ1) is 10.1. The van der Waals surface area contributed by atoms with Gasteiger partial charge in [-0.3, -0.25) is 9.59 Å². The zero-order valence-corrected chi connectivity index (χ0v) is 11.9. The molecule has 21 heavy (non-hydrogen) atoms. The van der Waals surface area contributed by atoms with Gasteiger partial charge in [0, 0.05) is 19.1 Å². The summed E-state index contributed by atoms with van der Waals surface area (Å²) in [4.78, 5) is 25.2. The number of rotatable bonds is 5. The molecule has 1 atom stereocenters. The fraction of sp³-hybridized carbons (Fsp3) is 0.500. The number of hydrogen-bond donors (Lipinski definition) is 2. The van der Waals surface area contributed by atoms with Crippen LogP contribution in [0, 0.1) is 0 Å². The van der Waals surface area contributed by atoms with Gasteiger partial charge in [0.25, 0.3) is 0 Å². The predicted molar refractivity (Wildman–Crippen MR) is 77.8 cm³/mol. The highest BCUT2D eigenvalue weighted by molar-refractivity contribution is 5.83. The Balaban J connectivity index is 1.68. The number of carboxylic acid groups (broad SMARTS) is 1. The van der Waals surface area contributed by atoms with Gasteiger partial charge in [-0.15, -0.1) is 0 Å². The number of carbonyl (C=O) groups is 2. The summed E-state index contributed by atoms with van der Waals surface area (Å²) >= 11 is 0. The van der Waals surface area contributed by atoms with Gasteiger partial charge in [-0.25, -0.2) is 0 Å². The standard InChI is InChI=1S/C16H20N2O3/c19-15(20)7-8-18(13-5-6-13)16(21)14-9-11-3-1-2-4-12(11)10-17-14/h1-4,13-14,17H,5-10H2,(H,19,20)/t14-/m1/s1. The van der Waals surface area contributed by atoms with Crippen LogP contribution in [0.4, 0.5) is 0 Å². The number of carbonyl (C=O) groups excluding carboxylic acids is 1. The molecule has 3 rings (SSSR count). The van der Waals surface area contributed by atoms with Crippen LogP contribution in [-0.2, 0) is 22.6 Å². The number of carboxylic acids is 1. The van der Waals surface area contributed by atoms with Crippen molar-refractivity contribution in [2.45, 2.75) is 44.3 Å². The molecule has 5 heteroatoms. The van der Waals surface area contributed by atoms with Gasteiger partial charge in [-0.1, -0.05) is 24.3 Å². The van der Waals surface area contributed by atoms with Crippen molar-refractivity contribution in [3.8, 4) is 0 Å². The van der Waals surface area contributed by atoms with E-state index in [1.807, 2.05) is 12.1 Å². The van der Waals surface area contributed by atoms with Crippen molar-refractivity contribution < 1.29 is 14.7 Å². The number of fused-ring (bicyclic) bond motifs is 1. The van der Waals surface area contributed by atoms with Crippen LogP contribution >= 0.6 is 0 Å². The summed E-state index contributed by atoms with van der Waals surface area (Å²) in [7, 11) is 0. The molecule has 0 bridgehead atoms. The van der Waals surface area contributed by atoms with Crippen molar-refractivity contribution in [2.75, 3.05) is 6.54 Å². The SMILES string of the molecule is O=C(O)CCN(C(=O)[C@H]1Cc2ccccc2CN1)C1CC1. The minimum Gasteiger partial charge on any atom is -0.481 e. The summed E-state index contributed by atoms with van der Waals surface area (Å²) in [6.45, 7) is 1.02. The van der Waals surface area contributed by atoms with E-state index in [9.17, 15) is 9.59 Å². The van der Waals surface area contributed by atoms with E-state index >= 15 is 0 Å². The van der Waals surface area contributed by atoms with Crippen molar-refractivity contribution in [2.24, 2.45) is 0 Å². The molecule has 1 amide bonds. The van der Waals surface area contributed by atoms with Crippen LogP contribution in [0.15, 0.2) is 24.3 Å². The Labute approximate surface area is 123 Å². The highest BCUT2D eigenvalue weighted by Crippen LogP contribution is 2.28. The monoisotopic (exact) mass is 288 g/mol. The van der Waals surface area contributed by atoms with Crippen LogP contribution in [0.5, 0.6) is 0 Å². The molecule has 1 aliphatic carbocycles. The summed E-state index contributed by atoms with van der Waals surface area (Å²) in [5.74, 6) is -0.802. The summed E-state index contributed by atoms with van der Waals surface area (Å²) in [5, 5.41) is 12.1. The maximum Gasteiger partial charge on any atom is 0.305 e. The van der Waals surface area contributed by atoms with Crippen LogP contribution < -0.4 is 5.32 Å². The van der Waals surface area contributed by atoms with Crippen LogP contribution in [0.2, 0.25) is 0 Å². The molecule has 1 fully saturated rings. The molecule has 0 spiro atoms. The molecule has 0 radical (unpaired) electrons. The number of amides is 1. The molecule has 2 aliphatic rings. The first kappa shape index (κ1) is 14.1. The minimum atomic E-state index is -0.851. The van der Waals surface area contributed by atoms with E-state index in [0.717, 1.165) is 12.8 Å². The van der Waals surface area contributed by atoms with Gasteiger partial charge in [0.05, 0.1) is 12.5 Å².